The molecule has 3 aromatic rings. The third kappa shape index (κ3) is 3.57. The summed E-state index contributed by atoms with van der Waals surface area (Å²) in [6.45, 7) is 6.55. The third-order valence-corrected chi connectivity index (χ3v) is 4.91. The molecule has 0 unspecified atom stereocenters. The zero-order valence-corrected chi connectivity index (χ0v) is 15.4. The van der Waals surface area contributed by atoms with Gasteiger partial charge in [0.1, 0.15) is 5.75 Å². The summed E-state index contributed by atoms with van der Waals surface area (Å²) in [7, 11) is 0. The first-order valence-electron chi connectivity index (χ1n) is 7.71. The van der Waals surface area contributed by atoms with E-state index in [0.717, 1.165) is 16.6 Å². The summed E-state index contributed by atoms with van der Waals surface area (Å²) in [6.07, 6.45) is -0.0825. The van der Waals surface area contributed by atoms with E-state index in [9.17, 15) is 9.90 Å². The van der Waals surface area contributed by atoms with Crippen LogP contribution in [0.4, 0.5) is 0 Å². The molecule has 2 aromatic heterocycles. The van der Waals surface area contributed by atoms with Crippen LogP contribution in [0.3, 0.4) is 0 Å². The predicted molar refractivity (Wildman–Crippen MR) is 99.5 cm³/mol. The van der Waals surface area contributed by atoms with Crippen molar-refractivity contribution in [2.45, 2.75) is 33.7 Å². The number of benzene rings is 1. The number of hydrogen-bond donors (Lipinski definition) is 2. The average Bonchev–Trinajstić information content (AvgIpc) is 3.14. The summed E-state index contributed by atoms with van der Waals surface area (Å²) >= 11 is 7.68. The second-order valence-corrected chi connectivity index (χ2v) is 6.56. The molecule has 1 aromatic carbocycles. The largest absolute Gasteiger partial charge is 0.506 e. The van der Waals surface area contributed by atoms with Crippen molar-refractivity contribution in [2.24, 2.45) is 0 Å². The van der Waals surface area contributed by atoms with Gasteiger partial charge in [-0.15, -0.1) is 11.3 Å². The van der Waals surface area contributed by atoms with Crippen LogP contribution in [0.1, 0.15) is 30.0 Å². The first kappa shape index (κ1) is 18.4. The number of thiophene rings is 1. The lowest BCUT2D eigenvalue weighted by atomic mass is 10.1. The van der Waals surface area contributed by atoms with Gasteiger partial charge in [0.2, 0.25) is 0 Å². The van der Waals surface area contributed by atoms with Crippen molar-refractivity contribution >= 4 is 39.8 Å². The molecule has 2 N–H and O–H groups in total. The summed E-state index contributed by atoms with van der Waals surface area (Å²) in [5, 5.41) is 22.0. The number of halogens is 1. The Morgan fingerprint density at radius 1 is 1.33 bits per heavy atom. The number of aromatic nitrogens is 1. The molecule has 0 aliphatic rings. The van der Waals surface area contributed by atoms with Crippen molar-refractivity contribution < 1.29 is 15.0 Å². The van der Waals surface area contributed by atoms with Crippen LogP contribution in [0.5, 0.6) is 5.75 Å². The van der Waals surface area contributed by atoms with Crippen molar-refractivity contribution in [1.82, 2.24) is 4.57 Å². The lowest BCUT2D eigenvalue weighted by molar-refractivity contribution is -0.136. The van der Waals surface area contributed by atoms with Gasteiger partial charge in [-0.25, -0.2) is 0 Å². The molecule has 24 heavy (non-hydrogen) atoms. The number of aliphatic carboxylic acids is 1. The van der Waals surface area contributed by atoms with Crippen molar-refractivity contribution in [3.8, 4) is 5.75 Å². The van der Waals surface area contributed by atoms with E-state index in [0.29, 0.717) is 12.1 Å². The fourth-order valence-corrected chi connectivity index (χ4v) is 3.54. The number of carbonyl (C=O) groups is 1. The molecule has 2 heterocycles. The maximum absolute atomic E-state index is 11.1. The minimum atomic E-state index is -0.896. The van der Waals surface area contributed by atoms with Gasteiger partial charge < -0.3 is 14.8 Å². The number of aromatic hydroxyl groups is 1. The number of phenolic OH excluding ortho intramolecular Hbond substituents is 1. The Kier molecular flexibility index (Phi) is 5.91. The zero-order valence-electron chi connectivity index (χ0n) is 13.8. The Morgan fingerprint density at radius 3 is 2.62 bits per heavy atom. The van der Waals surface area contributed by atoms with E-state index < -0.39 is 5.97 Å². The fourth-order valence-electron chi connectivity index (χ4n) is 2.69. The lowest BCUT2D eigenvalue weighted by Crippen LogP contribution is -2.04. The first-order chi connectivity index (χ1) is 11.5. The van der Waals surface area contributed by atoms with Crippen LogP contribution in [0.25, 0.3) is 10.9 Å². The highest BCUT2D eigenvalue weighted by Crippen LogP contribution is 2.35. The van der Waals surface area contributed by atoms with Gasteiger partial charge in [-0.3, -0.25) is 4.79 Å². The number of carboxylic acid groups (broad SMARTS) is 1. The Morgan fingerprint density at radius 2 is 2.04 bits per heavy atom. The predicted octanol–water partition coefficient (Wildman–Crippen LogP) is 5.07. The van der Waals surface area contributed by atoms with Gasteiger partial charge in [0.25, 0.3) is 0 Å². The second kappa shape index (κ2) is 7.73. The van der Waals surface area contributed by atoms with Crippen molar-refractivity contribution in [3.63, 3.8) is 0 Å². The molecule has 0 saturated heterocycles. The Balaban J connectivity index is 0.00000100. The fraction of sp³-hybridized carbons (Fsp3) is 0.278. The SMILES string of the molecule is CC.Cc1c(CC(=O)O)c2cc(O)c(Cl)cc2n1Cc1cccs1. The smallest absolute Gasteiger partial charge is 0.307 e. The van der Waals surface area contributed by atoms with Crippen molar-refractivity contribution in [2.75, 3.05) is 0 Å². The summed E-state index contributed by atoms with van der Waals surface area (Å²) in [6, 6.07) is 7.26. The third-order valence-electron chi connectivity index (χ3n) is 3.74. The zero-order chi connectivity index (χ0) is 17.9. The molecule has 3 rings (SSSR count). The highest BCUT2D eigenvalue weighted by Gasteiger charge is 2.18. The normalized spacial score (nSPS) is 10.5. The second-order valence-electron chi connectivity index (χ2n) is 5.12. The van der Waals surface area contributed by atoms with Gasteiger partial charge >= 0.3 is 5.97 Å². The number of phenols is 1. The van der Waals surface area contributed by atoms with Crippen LogP contribution in [0.15, 0.2) is 29.6 Å². The first-order valence-corrected chi connectivity index (χ1v) is 8.97. The van der Waals surface area contributed by atoms with E-state index in [4.69, 9.17) is 16.7 Å². The number of hydrogen-bond acceptors (Lipinski definition) is 3. The van der Waals surface area contributed by atoms with Gasteiger partial charge in [0, 0.05) is 16.0 Å². The van der Waals surface area contributed by atoms with Crippen LogP contribution < -0.4 is 0 Å². The van der Waals surface area contributed by atoms with Crippen LogP contribution in [-0.2, 0) is 17.8 Å². The average molecular weight is 366 g/mol. The van der Waals surface area contributed by atoms with Crippen LogP contribution >= 0.6 is 22.9 Å². The maximum Gasteiger partial charge on any atom is 0.307 e. The highest BCUT2D eigenvalue weighted by atomic mass is 35.5. The van der Waals surface area contributed by atoms with E-state index >= 15 is 0 Å². The molecule has 0 saturated carbocycles. The van der Waals surface area contributed by atoms with E-state index in [1.165, 1.54) is 4.88 Å². The van der Waals surface area contributed by atoms with Crippen LogP contribution in [-0.4, -0.2) is 20.7 Å². The quantitative estimate of drug-likeness (QED) is 0.678. The molecule has 0 radical (unpaired) electrons. The van der Waals surface area contributed by atoms with E-state index in [1.54, 1.807) is 23.5 Å². The molecular formula is C18H20ClNO3S. The molecule has 0 atom stereocenters. The van der Waals surface area contributed by atoms with Gasteiger partial charge in [0.15, 0.2) is 0 Å². The molecule has 0 spiro atoms. The topological polar surface area (TPSA) is 62.5 Å². The van der Waals surface area contributed by atoms with Crippen molar-refractivity contribution in [1.29, 1.82) is 0 Å². The molecule has 0 amide bonds. The Hall–Kier alpha value is -1.98. The molecule has 0 bridgehead atoms. The Labute approximate surface area is 149 Å². The number of rotatable bonds is 4. The van der Waals surface area contributed by atoms with E-state index in [1.807, 2.05) is 42.9 Å². The number of fused-ring (bicyclic) bond motifs is 1. The summed E-state index contributed by atoms with van der Waals surface area (Å²) < 4.78 is 2.05. The number of carboxylic acids is 1. The van der Waals surface area contributed by atoms with Crippen molar-refractivity contribution in [3.05, 3.63) is 50.8 Å². The highest BCUT2D eigenvalue weighted by molar-refractivity contribution is 7.09. The van der Waals surface area contributed by atoms with Gasteiger partial charge in [0.05, 0.1) is 23.5 Å². The maximum atomic E-state index is 11.1. The number of nitrogens with zero attached hydrogens (tertiary/aromatic N) is 1. The minimum Gasteiger partial charge on any atom is -0.506 e. The van der Waals surface area contributed by atoms with Gasteiger partial charge in [-0.2, -0.15) is 0 Å². The lowest BCUT2D eigenvalue weighted by Gasteiger charge is -2.07. The summed E-state index contributed by atoms with van der Waals surface area (Å²) in [5.74, 6) is -0.929. The molecular weight excluding hydrogens is 346 g/mol. The Bertz CT molecular complexity index is 853. The summed E-state index contributed by atoms with van der Waals surface area (Å²) in [5.41, 5.74) is 2.43. The van der Waals surface area contributed by atoms with Gasteiger partial charge in [-0.05, 0) is 36.1 Å². The molecule has 0 aliphatic carbocycles. The molecule has 0 aliphatic heterocycles. The monoisotopic (exact) mass is 365 g/mol. The molecule has 0 fully saturated rings. The van der Waals surface area contributed by atoms with Crippen LogP contribution in [0.2, 0.25) is 5.02 Å². The molecule has 4 nitrogen and oxygen atoms in total. The van der Waals surface area contributed by atoms with Crippen LogP contribution in [0, 0.1) is 6.92 Å². The molecule has 128 valence electrons. The van der Waals surface area contributed by atoms with E-state index in [2.05, 4.69) is 0 Å². The summed E-state index contributed by atoms with van der Waals surface area (Å²) in [4.78, 5) is 12.3. The van der Waals surface area contributed by atoms with E-state index in [-0.39, 0.29) is 17.2 Å². The standard InChI is InChI=1S/C16H14ClNO3S.C2H6/c1-9-11(6-16(20)21)12-5-15(19)13(17)7-14(12)18(9)8-10-3-2-4-22-10;1-2/h2-5,7,19H,6,8H2,1H3,(H,20,21);1-2H3. The minimum absolute atomic E-state index is 0.0333. The van der Waals surface area contributed by atoms with Gasteiger partial charge in [-0.1, -0.05) is 31.5 Å². The molecule has 6 heteroatoms.